The lowest BCUT2D eigenvalue weighted by Gasteiger charge is -2.21. The lowest BCUT2D eigenvalue weighted by Crippen LogP contribution is -2.43. The van der Waals surface area contributed by atoms with E-state index in [1.54, 1.807) is 27.7 Å². The van der Waals surface area contributed by atoms with Gasteiger partial charge in [-0.2, -0.15) is 0 Å². The molecule has 3 aromatic rings. The van der Waals surface area contributed by atoms with E-state index in [-0.39, 0.29) is 28.2 Å². The van der Waals surface area contributed by atoms with Crippen molar-refractivity contribution in [3.8, 4) is 17.2 Å². The highest BCUT2D eigenvalue weighted by molar-refractivity contribution is 5.89. The Hall–Kier alpha value is -4.34. The lowest BCUT2D eigenvalue weighted by atomic mass is 10.2. The van der Waals surface area contributed by atoms with Gasteiger partial charge in [-0.05, 0) is 71.0 Å². The summed E-state index contributed by atoms with van der Waals surface area (Å²) in [6.45, 7) is 8.14. The third-order valence-electron chi connectivity index (χ3n) is 4.79. The van der Waals surface area contributed by atoms with E-state index in [9.17, 15) is 19.2 Å². The number of carbonyl (C=O) groups is 3. The third kappa shape index (κ3) is 6.41. The Labute approximate surface area is 207 Å². The normalized spacial score (nSPS) is 11.9. The van der Waals surface area contributed by atoms with Gasteiger partial charge in [-0.3, -0.25) is 4.79 Å². The Kier molecular flexibility index (Phi) is 7.67. The van der Waals surface area contributed by atoms with Gasteiger partial charge in [0.05, 0.1) is 18.1 Å². The molecule has 0 saturated carbocycles. The summed E-state index contributed by atoms with van der Waals surface area (Å²) >= 11 is 0. The second kappa shape index (κ2) is 10.5. The number of ether oxygens (including phenoxy) is 4. The van der Waals surface area contributed by atoms with Gasteiger partial charge in [-0.15, -0.1) is 0 Å². The summed E-state index contributed by atoms with van der Waals surface area (Å²) in [4.78, 5) is 48.9. The molecule has 0 aliphatic rings. The van der Waals surface area contributed by atoms with Crippen molar-refractivity contribution < 1.29 is 37.7 Å². The minimum atomic E-state index is -0.981. The van der Waals surface area contributed by atoms with Crippen molar-refractivity contribution in [1.82, 2.24) is 5.32 Å². The number of rotatable bonds is 6. The van der Waals surface area contributed by atoms with Gasteiger partial charge in [-0.1, -0.05) is 0 Å². The van der Waals surface area contributed by atoms with Crippen LogP contribution in [0.2, 0.25) is 0 Å². The maximum Gasteiger partial charge on any atom is 0.408 e. The van der Waals surface area contributed by atoms with E-state index in [0.29, 0.717) is 11.3 Å². The molecular weight excluding hydrogens is 470 g/mol. The number of nitrogens with one attached hydrogen (secondary N) is 1. The van der Waals surface area contributed by atoms with Crippen molar-refractivity contribution in [3.63, 3.8) is 0 Å². The standard InChI is InChI=1S/C26H27NO9/c1-14(27-25(31)36-26(3,4)5)23(29)35-18-11-12-19-20(13-18)33-15(2)22(21(19)28)34-17-9-7-16(8-10-17)24(30)32-6/h7-14H,1-6H3,(H,27,31). The predicted octanol–water partition coefficient (Wildman–Crippen LogP) is 4.50. The molecule has 10 heteroatoms. The Morgan fingerprint density at radius 1 is 1.00 bits per heavy atom. The van der Waals surface area contributed by atoms with Crippen molar-refractivity contribution in [2.45, 2.75) is 46.3 Å². The number of fused-ring (bicyclic) bond motifs is 1. The van der Waals surface area contributed by atoms with Crippen LogP contribution in [0, 0.1) is 6.92 Å². The summed E-state index contributed by atoms with van der Waals surface area (Å²) in [7, 11) is 1.28. The molecule has 2 aromatic carbocycles. The van der Waals surface area contributed by atoms with Crippen LogP contribution >= 0.6 is 0 Å². The van der Waals surface area contributed by atoms with Crippen LogP contribution in [0.25, 0.3) is 11.0 Å². The molecule has 0 bridgehead atoms. The van der Waals surface area contributed by atoms with Gasteiger partial charge in [0.1, 0.15) is 34.5 Å². The first-order valence-electron chi connectivity index (χ1n) is 11.0. The van der Waals surface area contributed by atoms with Gasteiger partial charge in [-0.25, -0.2) is 14.4 Å². The molecule has 36 heavy (non-hydrogen) atoms. The zero-order chi connectivity index (χ0) is 26.6. The fraction of sp³-hybridized carbons (Fsp3) is 0.308. The molecule has 0 aliphatic heterocycles. The summed E-state index contributed by atoms with van der Waals surface area (Å²) in [6, 6.07) is 9.39. The van der Waals surface area contributed by atoms with Gasteiger partial charge in [0.25, 0.3) is 0 Å². The first kappa shape index (κ1) is 26.3. The van der Waals surface area contributed by atoms with Crippen molar-refractivity contribution in [2.24, 2.45) is 0 Å². The molecule has 0 spiro atoms. The fourth-order valence-corrected chi connectivity index (χ4v) is 3.09. The van der Waals surface area contributed by atoms with Crippen LogP contribution < -0.4 is 20.2 Å². The van der Waals surface area contributed by atoms with E-state index in [0.717, 1.165) is 0 Å². The Morgan fingerprint density at radius 3 is 2.25 bits per heavy atom. The van der Waals surface area contributed by atoms with Crippen LogP contribution in [0.3, 0.4) is 0 Å². The molecule has 10 nitrogen and oxygen atoms in total. The smallest absolute Gasteiger partial charge is 0.408 e. The average molecular weight is 498 g/mol. The lowest BCUT2D eigenvalue weighted by molar-refractivity contribution is -0.136. The summed E-state index contributed by atoms with van der Waals surface area (Å²) in [5.41, 5.74) is -0.617. The molecule has 3 rings (SSSR count). The molecule has 190 valence electrons. The second-order valence-electron chi connectivity index (χ2n) is 8.88. The van der Waals surface area contributed by atoms with Crippen LogP contribution in [0.5, 0.6) is 17.2 Å². The van der Waals surface area contributed by atoms with Crippen molar-refractivity contribution in [1.29, 1.82) is 0 Å². The summed E-state index contributed by atoms with van der Waals surface area (Å²) < 4.78 is 26.6. The Balaban J connectivity index is 1.76. The quantitative estimate of drug-likeness (QED) is 0.386. The van der Waals surface area contributed by atoms with E-state index in [1.165, 1.54) is 56.5 Å². The zero-order valence-electron chi connectivity index (χ0n) is 20.8. The van der Waals surface area contributed by atoms with E-state index in [1.807, 2.05) is 0 Å². The van der Waals surface area contributed by atoms with Crippen molar-refractivity contribution in [2.75, 3.05) is 7.11 Å². The van der Waals surface area contributed by atoms with E-state index < -0.39 is 35.1 Å². The van der Waals surface area contributed by atoms with Crippen molar-refractivity contribution >= 4 is 29.0 Å². The Bertz CT molecular complexity index is 1350. The van der Waals surface area contributed by atoms with Crippen LogP contribution in [-0.2, 0) is 14.3 Å². The van der Waals surface area contributed by atoms with Gasteiger partial charge < -0.3 is 28.7 Å². The maximum absolute atomic E-state index is 13.0. The molecule has 1 atom stereocenters. The van der Waals surface area contributed by atoms with E-state index in [2.05, 4.69) is 10.1 Å². The Morgan fingerprint density at radius 2 is 1.64 bits per heavy atom. The summed E-state index contributed by atoms with van der Waals surface area (Å²) in [5.74, 6) is -0.584. The van der Waals surface area contributed by atoms with E-state index >= 15 is 0 Å². The molecule has 1 aromatic heterocycles. The molecule has 1 heterocycles. The van der Waals surface area contributed by atoms with Gasteiger partial charge >= 0.3 is 18.0 Å². The summed E-state index contributed by atoms with van der Waals surface area (Å²) in [5, 5.41) is 2.61. The number of methoxy groups -OCH3 is 1. The zero-order valence-corrected chi connectivity index (χ0v) is 20.8. The maximum atomic E-state index is 13.0. The van der Waals surface area contributed by atoms with Crippen LogP contribution in [0.1, 0.15) is 43.8 Å². The number of esters is 2. The van der Waals surface area contributed by atoms with Crippen LogP contribution in [-0.4, -0.2) is 36.8 Å². The number of carbonyl (C=O) groups excluding carboxylic acids is 3. The minimum Gasteiger partial charge on any atom is -0.465 e. The molecule has 0 fully saturated rings. The molecular formula is C26H27NO9. The fourth-order valence-electron chi connectivity index (χ4n) is 3.09. The number of alkyl carbamates (subject to hydrolysis) is 1. The number of benzene rings is 2. The number of aryl methyl sites for hydroxylation is 1. The SMILES string of the molecule is COC(=O)c1ccc(Oc2c(C)oc3cc(OC(=O)C(C)NC(=O)OC(C)(C)C)ccc3c2=O)cc1. The molecule has 1 N–H and O–H groups in total. The number of hydrogen-bond donors (Lipinski definition) is 1. The molecule has 1 unspecified atom stereocenters. The summed E-state index contributed by atoms with van der Waals surface area (Å²) in [6.07, 6.45) is -0.750. The van der Waals surface area contributed by atoms with Crippen molar-refractivity contribution in [3.05, 3.63) is 64.0 Å². The minimum absolute atomic E-state index is 0.0201. The first-order chi connectivity index (χ1) is 16.9. The highest BCUT2D eigenvalue weighted by Crippen LogP contribution is 2.27. The average Bonchev–Trinajstić information content (AvgIpc) is 2.80. The highest BCUT2D eigenvalue weighted by atomic mass is 16.6. The van der Waals surface area contributed by atoms with E-state index in [4.69, 9.17) is 18.6 Å². The first-order valence-corrected chi connectivity index (χ1v) is 11.0. The van der Waals surface area contributed by atoms with Crippen LogP contribution in [0.15, 0.2) is 51.7 Å². The molecule has 1 amide bonds. The molecule has 0 radical (unpaired) electrons. The number of amides is 1. The van der Waals surface area contributed by atoms with Gasteiger partial charge in [0, 0.05) is 6.07 Å². The molecule has 0 saturated heterocycles. The predicted molar refractivity (Wildman–Crippen MR) is 130 cm³/mol. The number of hydrogen-bond acceptors (Lipinski definition) is 9. The van der Waals surface area contributed by atoms with Gasteiger partial charge in [0.2, 0.25) is 11.2 Å². The largest absolute Gasteiger partial charge is 0.465 e. The highest BCUT2D eigenvalue weighted by Gasteiger charge is 2.23. The third-order valence-corrected chi connectivity index (χ3v) is 4.79. The second-order valence-corrected chi connectivity index (χ2v) is 8.88. The van der Waals surface area contributed by atoms with Crippen LogP contribution in [0.4, 0.5) is 4.79 Å². The topological polar surface area (TPSA) is 130 Å². The monoisotopic (exact) mass is 497 g/mol. The molecule has 0 aliphatic carbocycles. The van der Waals surface area contributed by atoms with Gasteiger partial charge in [0.15, 0.2) is 0 Å².